The summed E-state index contributed by atoms with van der Waals surface area (Å²) in [5.74, 6) is 1.64. The minimum atomic E-state index is -0.145. The Bertz CT molecular complexity index is 848. The molecule has 0 radical (unpaired) electrons. The van der Waals surface area contributed by atoms with Crippen LogP contribution < -0.4 is 9.47 Å². The van der Waals surface area contributed by atoms with Crippen LogP contribution in [0.5, 0.6) is 11.5 Å². The van der Waals surface area contributed by atoms with Crippen molar-refractivity contribution in [3.63, 3.8) is 0 Å². The molecule has 0 saturated carbocycles. The lowest BCUT2D eigenvalue weighted by atomic mass is 10.1. The van der Waals surface area contributed by atoms with Gasteiger partial charge in [-0.05, 0) is 42.5 Å². The fourth-order valence-corrected chi connectivity index (χ4v) is 2.63. The number of amides is 1. The summed E-state index contributed by atoms with van der Waals surface area (Å²) in [6.45, 7) is 0.714. The van der Waals surface area contributed by atoms with Crippen LogP contribution in [0.1, 0.15) is 21.8 Å². The lowest BCUT2D eigenvalue weighted by Gasteiger charge is -2.22. The van der Waals surface area contributed by atoms with Crippen molar-refractivity contribution < 1.29 is 18.7 Å². The SMILES string of the molecule is COc1ccc(C(=O)N(Cc2ccccn2)Cc2ccco2)cc1OC. The summed E-state index contributed by atoms with van der Waals surface area (Å²) in [5.41, 5.74) is 1.30. The zero-order valence-corrected chi connectivity index (χ0v) is 14.7. The molecule has 6 heteroatoms. The normalized spacial score (nSPS) is 10.4. The number of hydrogen-bond acceptors (Lipinski definition) is 5. The van der Waals surface area contributed by atoms with Crippen molar-refractivity contribution >= 4 is 5.91 Å². The summed E-state index contributed by atoms with van der Waals surface area (Å²) in [4.78, 5) is 19.1. The van der Waals surface area contributed by atoms with Gasteiger partial charge in [-0.3, -0.25) is 9.78 Å². The summed E-state index contributed by atoms with van der Waals surface area (Å²) in [7, 11) is 3.10. The number of furan rings is 1. The second-order valence-corrected chi connectivity index (χ2v) is 5.63. The summed E-state index contributed by atoms with van der Waals surface area (Å²) in [5, 5.41) is 0. The predicted octanol–water partition coefficient (Wildman–Crippen LogP) is 3.53. The Morgan fingerprint density at radius 2 is 1.88 bits per heavy atom. The molecule has 26 heavy (non-hydrogen) atoms. The van der Waals surface area contributed by atoms with Gasteiger partial charge in [0.1, 0.15) is 5.76 Å². The smallest absolute Gasteiger partial charge is 0.254 e. The van der Waals surface area contributed by atoms with Crippen molar-refractivity contribution in [2.24, 2.45) is 0 Å². The lowest BCUT2D eigenvalue weighted by Crippen LogP contribution is -2.30. The average Bonchev–Trinajstić information content (AvgIpc) is 3.20. The lowest BCUT2D eigenvalue weighted by molar-refractivity contribution is 0.0715. The molecule has 0 fully saturated rings. The number of benzene rings is 1. The maximum absolute atomic E-state index is 13.1. The van der Waals surface area contributed by atoms with E-state index in [0.717, 1.165) is 5.69 Å². The van der Waals surface area contributed by atoms with Crippen LogP contribution in [-0.2, 0) is 13.1 Å². The van der Waals surface area contributed by atoms with E-state index in [1.54, 1.807) is 55.8 Å². The van der Waals surface area contributed by atoms with E-state index in [0.29, 0.717) is 35.9 Å². The fraction of sp³-hybridized carbons (Fsp3) is 0.200. The number of ether oxygens (including phenoxy) is 2. The molecule has 2 aromatic heterocycles. The predicted molar refractivity (Wildman–Crippen MR) is 96.1 cm³/mol. The molecular weight excluding hydrogens is 332 g/mol. The number of aromatic nitrogens is 1. The third-order valence-corrected chi connectivity index (χ3v) is 3.92. The molecule has 0 aliphatic carbocycles. The minimum absolute atomic E-state index is 0.145. The highest BCUT2D eigenvalue weighted by Gasteiger charge is 2.20. The van der Waals surface area contributed by atoms with Gasteiger partial charge in [-0.1, -0.05) is 6.07 Å². The van der Waals surface area contributed by atoms with Gasteiger partial charge in [0, 0.05) is 11.8 Å². The van der Waals surface area contributed by atoms with Crippen molar-refractivity contribution in [3.8, 4) is 11.5 Å². The molecule has 1 aromatic carbocycles. The van der Waals surface area contributed by atoms with Crippen LogP contribution >= 0.6 is 0 Å². The standard InChI is InChI=1S/C20H20N2O4/c1-24-18-9-8-15(12-19(18)25-2)20(23)22(14-17-7-5-11-26-17)13-16-6-3-4-10-21-16/h3-12H,13-14H2,1-2H3. The van der Waals surface area contributed by atoms with E-state index >= 15 is 0 Å². The number of pyridine rings is 1. The van der Waals surface area contributed by atoms with E-state index in [-0.39, 0.29) is 5.91 Å². The molecular formula is C20H20N2O4. The summed E-state index contributed by atoms with van der Waals surface area (Å²) < 4.78 is 16.0. The van der Waals surface area contributed by atoms with Crippen LogP contribution in [-0.4, -0.2) is 30.0 Å². The van der Waals surface area contributed by atoms with Gasteiger partial charge in [-0.25, -0.2) is 0 Å². The quantitative estimate of drug-likeness (QED) is 0.651. The minimum Gasteiger partial charge on any atom is -0.493 e. The number of rotatable bonds is 7. The zero-order valence-electron chi connectivity index (χ0n) is 14.7. The maximum Gasteiger partial charge on any atom is 0.254 e. The molecule has 3 aromatic rings. The Balaban J connectivity index is 1.88. The topological polar surface area (TPSA) is 64.8 Å². The monoisotopic (exact) mass is 352 g/mol. The Kier molecular flexibility index (Phi) is 5.53. The molecule has 0 bridgehead atoms. The van der Waals surface area contributed by atoms with Crippen LogP contribution in [0.15, 0.2) is 65.4 Å². The van der Waals surface area contributed by atoms with E-state index < -0.39 is 0 Å². The molecule has 6 nitrogen and oxygen atoms in total. The van der Waals surface area contributed by atoms with E-state index in [4.69, 9.17) is 13.9 Å². The first-order valence-electron chi connectivity index (χ1n) is 8.15. The number of carbonyl (C=O) groups excluding carboxylic acids is 1. The van der Waals surface area contributed by atoms with Crippen LogP contribution in [0.4, 0.5) is 0 Å². The van der Waals surface area contributed by atoms with E-state index in [1.165, 1.54) is 0 Å². The fourth-order valence-electron chi connectivity index (χ4n) is 2.63. The van der Waals surface area contributed by atoms with Crippen LogP contribution in [0.25, 0.3) is 0 Å². The van der Waals surface area contributed by atoms with E-state index in [1.807, 2.05) is 24.3 Å². The number of methoxy groups -OCH3 is 2. The summed E-state index contributed by atoms with van der Waals surface area (Å²) in [6, 6.07) is 14.4. The van der Waals surface area contributed by atoms with Gasteiger partial charge in [0.2, 0.25) is 0 Å². The van der Waals surface area contributed by atoms with Crippen molar-refractivity contribution in [3.05, 3.63) is 78.0 Å². The van der Waals surface area contributed by atoms with Crippen LogP contribution in [0, 0.1) is 0 Å². The van der Waals surface area contributed by atoms with Crippen molar-refractivity contribution in [2.45, 2.75) is 13.1 Å². The van der Waals surface area contributed by atoms with Crippen LogP contribution in [0.3, 0.4) is 0 Å². The van der Waals surface area contributed by atoms with Crippen LogP contribution in [0.2, 0.25) is 0 Å². The maximum atomic E-state index is 13.1. The Morgan fingerprint density at radius 1 is 1.04 bits per heavy atom. The number of hydrogen-bond donors (Lipinski definition) is 0. The number of carbonyl (C=O) groups is 1. The molecule has 134 valence electrons. The highest BCUT2D eigenvalue weighted by atomic mass is 16.5. The highest BCUT2D eigenvalue weighted by Crippen LogP contribution is 2.28. The second kappa shape index (κ2) is 8.20. The van der Waals surface area contributed by atoms with Gasteiger partial charge in [0.25, 0.3) is 5.91 Å². The molecule has 3 rings (SSSR count). The number of nitrogens with zero attached hydrogens (tertiary/aromatic N) is 2. The molecule has 0 spiro atoms. The third-order valence-electron chi connectivity index (χ3n) is 3.92. The summed E-state index contributed by atoms with van der Waals surface area (Å²) >= 11 is 0. The van der Waals surface area contributed by atoms with Crippen molar-refractivity contribution in [1.82, 2.24) is 9.88 Å². The zero-order chi connectivity index (χ0) is 18.4. The summed E-state index contributed by atoms with van der Waals surface area (Å²) in [6.07, 6.45) is 3.30. The molecule has 0 saturated heterocycles. The van der Waals surface area contributed by atoms with Crippen molar-refractivity contribution in [1.29, 1.82) is 0 Å². The Morgan fingerprint density at radius 3 is 2.54 bits per heavy atom. The third kappa shape index (κ3) is 4.03. The van der Waals surface area contributed by atoms with Gasteiger partial charge in [0.15, 0.2) is 11.5 Å². The van der Waals surface area contributed by atoms with Crippen molar-refractivity contribution in [2.75, 3.05) is 14.2 Å². The van der Waals surface area contributed by atoms with Gasteiger partial charge in [0.05, 0.1) is 39.3 Å². The van der Waals surface area contributed by atoms with Gasteiger partial charge < -0.3 is 18.8 Å². The molecule has 0 unspecified atom stereocenters. The first-order chi connectivity index (χ1) is 12.7. The Labute approximate surface area is 152 Å². The largest absolute Gasteiger partial charge is 0.493 e. The second-order valence-electron chi connectivity index (χ2n) is 5.63. The van der Waals surface area contributed by atoms with E-state index in [9.17, 15) is 4.79 Å². The molecule has 1 amide bonds. The highest BCUT2D eigenvalue weighted by molar-refractivity contribution is 5.94. The first kappa shape index (κ1) is 17.5. The van der Waals surface area contributed by atoms with Gasteiger partial charge >= 0.3 is 0 Å². The van der Waals surface area contributed by atoms with E-state index in [2.05, 4.69) is 4.98 Å². The Hall–Kier alpha value is -3.28. The first-order valence-corrected chi connectivity index (χ1v) is 8.15. The molecule has 0 aliphatic heterocycles. The molecule has 0 atom stereocenters. The van der Waals surface area contributed by atoms with Gasteiger partial charge in [-0.15, -0.1) is 0 Å². The molecule has 0 aliphatic rings. The average molecular weight is 352 g/mol. The van der Waals surface area contributed by atoms with Gasteiger partial charge in [-0.2, -0.15) is 0 Å². The molecule has 0 N–H and O–H groups in total. The molecule has 2 heterocycles.